The maximum atomic E-state index is 6.55. The Morgan fingerprint density at radius 2 is 1.38 bits per heavy atom. The highest BCUT2D eigenvalue weighted by molar-refractivity contribution is 7.25. The van der Waals surface area contributed by atoms with Crippen molar-refractivity contribution in [2.45, 2.75) is 31.8 Å². The molecule has 0 aliphatic rings. The van der Waals surface area contributed by atoms with Crippen LogP contribution in [0.4, 0.5) is 0 Å². The highest BCUT2D eigenvalue weighted by Crippen LogP contribution is 2.41. The van der Waals surface area contributed by atoms with Gasteiger partial charge in [-0.2, -0.15) is 0 Å². The van der Waals surface area contributed by atoms with Crippen molar-refractivity contribution in [2.75, 3.05) is 0 Å². The molecule has 0 radical (unpaired) electrons. The van der Waals surface area contributed by atoms with Gasteiger partial charge in [-0.15, -0.1) is 17.9 Å². The van der Waals surface area contributed by atoms with Crippen LogP contribution in [0.1, 0.15) is 41.1 Å². The molecule has 0 fully saturated rings. The van der Waals surface area contributed by atoms with Crippen molar-refractivity contribution >= 4 is 53.4 Å². The van der Waals surface area contributed by atoms with E-state index in [9.17, 15) is 0 Å². The lowest BCUT2D eigenvalue weighted by Gasteiger charge is -2.22. The van der Waals surface area contributed by atoms with E-state index in [1.54, 1.807) is 0 Å². The Bertz CT molecular complexity index is 2390. The lowest BCUT2D eigenvalue weighted by atomic mass is 9.91. The molecule has 2 heterocycles. The molecule has 0 aliphatic carbocycles. The minimum atomic E-state index is -0.0489. The molecule has 3 heteroatoms. The number of nitrogens with one attached hydrogen (secondary N) is 1. The SMILES string of the molecule is C=CCC/C=C\Cc1ccc(CNC(c2cc(-c3ccccc3)c3c(c2)oc2ccccc23)c2ccc3c(c2)sc2ccccc23)cc1. The zero-order chi connectivity index (χ0) is 32.3. The molecule has 6 aromatic carbocycles. The van der Waals surface area contributed by atoms with Gasteiger partial charge in [-0.3, -0.25) is 0 Å². The van der Waals surface area contributed by atoms with Crippen LogP contribution >= 0.6 is 11.3 Å². The summed E-state index contributed by atoms with van der Waals surface area (Å²) in [6.07, 6.45) is 9.49. The molecule has 2 nitrogen and oxygen atoms in total. The molecule has 0 bridgehead atoms. The Kier molecular flexibility index (Phi) is 8.47. The van der Waals surface area contributed by atoms with Crippen LogP contribution in [0.2, 0.25) is 0 Å². The van der Waals surface area contributed by atoms with Crippen molar-refractivity contribution in [1.29, 1.82) is 0 Å². The van der Waals surface area contributed by atoms with E-state index in [0.29, 0.717) is 0 Å². The summed E-state index contributed by atoms with van der Waals surface area (Å²) in [6.45, 7) is 4.55. The fraction of sp³-hybridized carbons (Fsp3) is 0.111. The number of fused-ring (bicyclic) bond motifs is 6. The largest absolute Gasteiger partial charge is 0.456 e. The van der Waals surface area contributed by atoms with Gasteiger partial charge in [0, 0.05) is 37.5 Å². The summed E-state index contributed by atoms with van der Waals surface area (Å²) in [6, 6.07) is 48.3. The normalized spacial score (nSPS) is 12.5. The second-order valence-electron chi connectivity index (χ2n) is 12.4. The summed E-state index contributed by atoms with van der Waals surface area (Å²) in [4.78, 5) is 0. The van der Waals surface area contributed by atoms with Crippen LogP contribution in [0.25, 0.3) is 53.2 Å². The number of rotatable bonds is 11. The Hall–Kier alpha value is -5.22. The number of hydrogen-bond donors (Lipinski definition) is 1. The van der Waals surface area contributed by atoms with Crippen molar-refractivity contribution in [1.82, 2.24) is 5.32 Å². The van der Waals surface area contributed by atoms with Gasteiger partial charge in [0.15, 0.2) is 0 Å². The maximum absolute atomic E-state index is 6.55. The Morgan fingerprint density at radius 3 is 2.23 bits per heavy atom. The van der Waals surface area contributed by atoms with Gasteiger partial charge < -0.3 is 9.73 Å². The zero-order valence-corrected chi connectivity index (χ0v) is 27.7. The highest BCUT2D eigenvalue weighted by atomic mass is 32.1. The summed E-state index contributed by atoms with van der Waals surface area (Å²) in [5.74, 6) is 0. The van der Waals surface area contributed by atoms with Crippen molar-refractivity contribution in [3.8, 4) is 11.1 Å². The van der Waals surface area contributed by atoms with Crippen molar-refractivity contribution in [3.63, 3.8) is 0 Å². The Balaban J connectivity index is 1.20. The third-order valence-electron chi connectivity index (χ3n) is 9.25. The summed E-state index contributed by atoms with van der Waals surface area (Å²) < 4.78 is 9.17. The van der Waals surface area contributed by atoms with Gasteiger partial charge in [-0.25, -0.2) is 0 Å². The van der Waals surface area contributed by atoms with E-state index < -0.39 is 0 Å². The van der Waals surface area contributed by atoms with Gasteiger partial charge in [-0.05, 0) is 83.0 Å². The number of benzene rings is 6. The van der Waals surface area contributed by atoms with E-state index >= 15 is 0 Å². The molecule has 48 heavy (non-hydrogen) atoms. The number of thiophene rings is 1. The molecule has 2 aromatic heterocycles. The molecule has 0 spiro atoms. The molecule has 0 amide bonds. The van der Waals surface area contributed by atoms with E-state index in [1.807, 2.05) is 23.5 Å². The lowest BCUT2D eigenvalue weighted by molar-refractivity contribution is 0.604. The number of para-hydroxylation sites is 1. The first-order valence-corrected chi connectivity index (χ1v) is 17.6. The zero-order valence-electron chi connectivity index (χ0n) is 26.9. The van der Waals surface area contributed by atoms with Crippen LogP contribution < -0.4 is 5.32 Å². The lowest BCUT2D eigenvalue weighted by Crippen LogP contribution is -2.22. The number of unbranched alkanes of at least 4 members (excludes halogenated alkanes) is 1. The van der Waals surface area contributed by atoms with Crippen molar-refractivity contribution < 1.29 is 4.42 Å². The van der Waals surface area contributed by atoms with Crippen LogP contribution in [0.15, 0.2) is 163 Å². The molecule has 0 aliphatic heterocycles. The van der Waals surface area contributed by atoms with E-state index in [1.165, 1.54) is 53.6 Å². The van der Waals surface area contributed by atoms with E-state index in [0.717, 1.165) is 47.7 Å². The minimum absolute atomic E-state index is 0.0489. The summed E-state index contributed by atoms with van der Waals surface area (Å²) in [7, 11) is 0. The maximum Gasteiger partial charge on any atom is 0.136 e. The average Bonchev–Trinajstić information content (AvgIpc) is 3.70. The third kappa shape index (κ3) is 5.99. The summed E-state index contributed by atoms with van der Waals surface area (Å²) >= 11 is 1.86. The molecule has 0 saturated carbocycles. The first-order chi connectivity index (χ1) is 23.7. The van der Waals surface area contributed by atoms with E-state index in [-0.39, 0.29) is 6.04 Å². The van der Waals surface area contributed by atoms with Gasteiger partial charge in [-0.1, -0.05) is 121 Å². The predicted molar refractivity (Wildman–Crippen MR) is 206 cm³/mol. The Morgan fingerprint density at radius 1 is 0.625 bits per heavy atom. The number of hydrogen-bond acceptors (Lipinski definition) is 3. The van der Waals surface area contributed by atoms with Crippen LogP contribution in [0.3, 0.4) is 0 Å². The molecule has 1 N–H and O–H groups in total. The predicted octanol–water partition coefficient (Wildman–Crippen LogP) is 12.6. The van der Waals surface area contributed by atoms with Crippen molar-refractivity contribution in [3.05, 3.63) is 181 Å². The van der Waals surface area contributed by atoms with Crippen LogP contribution in [0.5, 0.6) is 0 Å². The second-order valence-corrected chi connectivity index (χ2v) is 13.5. The average molecular weight is 640 g/mol. The van der Waals surface area contributed by atoms with E-state index in [2.05, 4.69) is 151 Å². The molecule has 0 saturated heterocycles. The molecule has 8 rings (SSSR count). The fourth-order valence-electron chi connectivity index (χ4n) is 6.80. The topological polar surface area (TPSA) is 25.2 Å². The van der Waals surface area contributed by atoms with Crippen LogP contribution in [-0.4, -0.2) is 0 Å². The smallest absolute Gasteiger partial charge is 0.136 e. The molecular weight excluding hydrogens is 603 g/mol. The van der Waals surface area contributed by atoms with Gasteiger partial charge >= 0.3 is 0 Å². The first kappa shape index (κ1) is 30.1. The molecule has 1 unspecified atom stereocenters. The molecular formula is C45H37NOS. The van der Waals surface area contributed by atoms with E-state index in [4.69, 9.17) is 4.42 Å². The summed E-state index contributed by atoms with van der Waals surface area (Å²) in [5.41, 5.74) is 9.20. The standard InChI is InChI=1S/C45H37NOS/c1-2-3-4-5-7-14-31-21-23-32(24-22-31)30-46-45(34-25-26-37-36-17-11-13-20-42(36)48-43(37)29-34)35-27-39(33-15-8-6-9-16-33)44-38-18-10-12-19-40(38)47-41(44)28-35/h2,5-13,15-29,45-46H,1,3-4,14,30H2/b7-5-. The third-order valence-corrected chi connectivity index (χ3v) is 10.4. The van der Waals surface area contributed by atoms with Crippen LogP contribution in [-0.2, 0) is 13.0 Å². The second kappa shape index (κ2) is 13.5. The highest BCUT2D eigenvalue weighted by Gasteiger charge is 2.21. The van der Waals surface area contributed by atoms with Crippen LogP contribution in [0, 0.1) is 0 Å². The van der Waals surface area contributed by atoms with Crippen molar-refractivity contribution in [2.24, 2.45) is 0 Å². The van der Waals surface area contributed by atoms with Gasteiger partial charge in [0.05, 0.1) is 6.04 Å². The fourth-order valence-corrected chi connectivity index (χ4v) is 7.96. The minimum Gasteiger partial charge on any atom is -0.456 e. The van der Waals surface area contributed by atoms with Gasteiger partial charge in [0.1, 0.15) is 11.2 Å². The first-order valence-electron chi connectivity index (χ1n) is 16.7. The molecule has 234 valence electrons. The van der Waals surface area contributed by atoms with Gasteiger partial charge in [0.2, 0.25) is 0 Å². The molecule has 1 atom stereocenters. The van der Waals surface area contributed by atoms with Gasteiger partial charge in [0.25, 0.3) is 0 Å². The molecule has 8 aromatic rings. The monoisotopic (exact) mass is 639 g/mol. The quantitative estimate of drug-likeness (QED) is 0.113. The number of allylic oxidation sites excluding steroid dienone is 3. The summed E-state index contributed by atoms with van der Waals surface area (Å²) in [5, 5.41) is 8.90. The number of furan rings is 1. The Labute approximate surface area is 285 Å².